The molecule has 20 heavy (non-hydrogen) atoms. The summed E-state index contributed by atoms with van der Waals surface area (Å²) in [7, 11) is 0. The molecule has 0 bridgehead atoms. The summed E-state index contributed by atoms with van der Waals surface area (Å²) >= 11 is 0. The zero-order valence-electron chi connectivity index (χ0n) is 12.3. The first kappa shape index (κ1) is 16.4. The van der Waals surface area contributed by atoms with Crippen molar-refractivity contribution in [3.8, 4) is 0 Å². The minimum absolute atomic E-state index is 0.169. The summed E-state index contributed by atoms with van der Waals surface area (Å²) in [5.74, 6) is -1.11. The molecule has 3 heteroatoms. The Morgan fingerprint density at radius 3 is 2.30 bits per heavy atom. The van der Waals surface area contributed by atoms with Crippen LogP contribution in [0.5, 0.6) is 0 Å². The third-order valence-electron chi connectivity index (χ3n) is 3.20. The minimum Gasteiger partial charge on any atom is -0.455 e. The van der Waals surface area contributed by atoms with Crippen molar-refractivity contribution >= 4 is 11.8 Å². The van der Waals surface area contributed by atoms with Crippen LogP contribution in [0.4, 0.5) is 0 Å². The molecule has 0 fully saturated rings. The van der Waals surface area contributed by atoms with Crippen LogP contribution in [0.25, 0.3) is 0 Å². The molecule has 0 N–H and O–H groups in total. The molecule has 1 rings (SSSR count). The van der Waals surface area contributed by atoms with Gasteiger partial charge in [-0.1, -0.05) is 69.4 Å². The maximum atomic E-state index is 11.6. The average molecular weight is 276 g/mol. The number of hydrogen-bond donors (Lipinski definition) is 0. The summed E-state index contributed by atoms with van der Waals surface area (Å²) in [5.41, 5.74) is 0.896. The number of benzene rings is 1. The largest absolute Gasteiger partial charge is 0.455 e. The highest BCUT2D eigenvalue weighted by Gasteiger charge is 2.14. The molecular weight excluding hydrogens is 252 g/mol. The van der Waals surface area contributed by atoms with E-state index in [0.29, 0.717) is 6.42 Å². The van der Waals surface area contributed by atoms with Gasteiger partial charge in [-0.15, -0.1) is 0 Å². The first-order chi connectivity index (χ1) is 9.74. The molecule has 110 valence electrons. The second-order valence-electron chi connectivity index (χ2n) is 5.00. The molecule has 0 heterocycles. The van der Waals surface area contributed by atoms with Crippen molar-refractivity contribution in [2.75, 3.05) is 0 Å². The fourth-order valence-corrected chi connectivity index (χ4v) is 1.97. The highest BCUT2D eigenvalue weighted by atomic mass is 16.5. The van der Waals surface area contributed by atoms with Crippen molar-refractivity contribution in [2.24, 2.45) is 0 Å². The van der Waals surface area contributed by atoms with E-state index >= 15 is 0 Å². The molecule has 0 atom stereocenters. The molecule has 3 nitrogen and oxygen atoms in total. The second-order valence-corrected chi connectivity index (χ2v) is 5.00. The van der Waals surface area contributed by atoms with Crippen LogP contribution in [0.15, 0.2) is 30.3 Å². The highest BCUT2D eigenvalue weighted by molar-refractivity contribution is 6.33. The number of unbranched alkanes of at least 4 members (excludes halogenated alkanes) is 5. The van der Waals surface area contributed by atoms with Gasteiger partial charge in [-0.2, -0.15) is 0 Å². The fraction of sp³-hybridized carbons (Fsp3) is 0.529. The zero-order chi connectivity index (χ0) is 14.6. The molecule has 0 aromatic heterocycles. The SMILES string of the molecule is CCCCCCCCC(=O)C(=O)OCc1ccccc1. The molecule has 0 spiro atoms. The van der Waals surface area contributed by atoms with Gasteiger partial charge in [0, 0.05) is 6.42 Å². The standard InChI is InChI=1S/C17H24O3/c1-2-3-4-5-6-10-13-16(18)17(19)20-14-15-11-8-7-9-12-15/h7-9,11-12H,2-6,10,13-14H2,1H3. The third kappa shape index (κ3) is 7.07. The predicted octanol–water partition coefficient (Wildman–Crippen LogP) is 4.05. The van der Waals surface area contributed by atoms with Crippen LogP contribution in [-0.2, 0) is 20.9 Å². The molecule has 0 saturated carbocycles. The van der Waals surface area contributed by atoms with Gasteiger partial charge in [0.25, 0.3) is 0 Å². The first-order valence-electron chi connectivity index (χ1n) is 7.48. The Balaban J connectivity index is 2.12. The van der Waals surface area contributed by atoms with E-state index in [-0.39, 0.29) is 6.61 Å². The summed E-state index contributed by atoms with van der Waals surface area (Å²) in [4.78, 5) is 23.1. The lowest BCUT2D eigenvalue weighted by molar-refractivity contribution is -0.154. The predicted molar refractivity (Wildman–Crippen MR) is 79.2 cm³/mol. The normalized spacial score (nSPS) is 10.2. The summed E-state index contributed by atoms with van der Waals surface area (Å²) < 4.78 is 5.00. The molecule has 0 saturated heterocycles. The van der Waals surface area contributed by atoms with Gasteiger partial charge in [-0.3, -0.25) is 4.79 Å². The van der Waals surface area contributed by atoms with Gasteiger partial charge in [-0.05, 0) is 12.0 Å². The molecule has 1 aromatic carbocycles. The Bertz CT molecular complexity index is 398. The quantitative estimate of drug-likeness (QED) is 0.368. The Hall–Kier alpha value is -1.64. The van der Waals surface area contributed by atoms with Crippen molar-refractivity contribution in [1.29, 1.82) is 0 Å². The van der Waals surface area contributed by atoms with Crippen molar-refractivity contribution < 1.29 is 14.3 Å². The Morgan fingerprint density at radius 1 is 0.950 bits per heavy atom. The van der Waals surface area contributed by atoms with Crippen LogP contribution in [0.3, 0.4) is 0 Å². The lowest BCUT2D eigenvalue weighted by Crippen LogP contribution is -2.17. The van der Waals surface area contributed by atoms with Crippen LogP contribution in [0.1, 0.15) is 57.4 Å². The van der Waals surface area contributed by atoms with Crippen LogP contribution < -0.4 is 0 Å². The Morgan fingerprint density at radius 2 is 1.60 bits per heavy atom. The van der Waals surface area contributed by atoms with Crippen molar-refractivity contribution in [3.63, 3.8) is 0 Å². The van der Waals surface area contributed by atoms with E-state index in [2.05, 4.69) is 6.92 Å². The minimum atomic E-state index is -0.706. The van der Waals surface area contributed by atoms with Crippen molar-refractivity contribution in [2.45, 2.75) is 58.5 Å². The van der Waals surface area contributed by atoms with Gasteiger partial charge < -0.3 is 4.74 Å². The summed E-state index contributed by atoms with van der Waals surface area (Å²) in [5, 5.41) is 0. The molecule has 0 unspecified atom stereocenters. The van der Waals surface area contributed by atoms with Crippen molar-refractivity contribution in [3.05, 3.63) is 35.9 Å². The van der Waals surface area contributed by atoms with Gasteiger partial charge in [-0.25, -0.2) is 4.79 Å². The number of carbonyl (C=O) groups excluding carboxylic acids is 2. The first-order valence-corrected chi connectivity index (χ1v) is 7.48. The van der Waals surface area contributed by atoms with Gasteiger partial charge in [0.15, 0.2) is 0 Å². The van der Waals surface area contributed by atoms with E-state index in [1.165, 1.54) is 19.3 Å². The molecule has 0 radical (unpaired) electrons. The fourth-order valence-electron chi connectivity index (χ4n) is 1.97. The lowest BCUT2D eigenvalue weighted by Gasteiger charge is -2.04. The monoisotopic (exact) mass is 276 g/mol. The van der Waals surface area contributed by atoms with E-state index in [1.807, 2.05) is 30.3 Å². The maximum absolute atomic E-state index is 11.6. The smallest absolute Gasteiger partial charge is 0.374 e. The third-order valence-corrected chi connectivity index (χ3v) is 3.20. The van der Waals surface area contributed by atoms with Crippen LogP contribution in [0, 0.1) is 0 Å². The van der Waals surface area contributed by atoms with E-state index in [1.54, 1.807) is 0 Å². The van der Waals surface area contributed by atoms with Crippen LogP contribution in [-0.4, -0.2) is 11.8 Å². The Labute approximate surface area is 121 Å². The van der Waals surface area contributed by atoms with Crippen LogP contribution >= 0.6 is 0 Å². The van der Waals surface area contributed by atoms with Crippen molar-refractivity contribution in [1.82, 2.24) is 0 Å². The van der Waals surface area contributed by atoms with Gasteiger partial charge in [0.1, 0.15) is 6.61 Å². The van der Waals surface area contributed by atoms with Gasteiger partial charge >= 0.3 is 5.97 Å². The van der Waals surface area contributed by atoms with Gasteiger partial charge in [0.05, 0.1) is 0 Å². The summed E-state index contributed by atoms with van der Waals surface area (Å²) in [6, 6.07) is 9.38. The van der Waals surface area contributed by atoms with Crippen LogP contribution in [0.2, 0.25) is 0 Å². The van der Waals surface area contributed by atoms with E-state index in [4.69, 9.17) is 4.74 Å². The molecule has 0 amide bonds. The number of carbonyl (C=O) groups is 2. The topological polar surface area (TPSA) is 43.4 Å². The Kier molecular flexibility index (Phi) is 8.36. The number of ether oxygens (including phenoxy) is 1. The maximum Gasteiger partial charge on any atom is 0.374 e. The summed E-state index contributed by atoms with van der Waals surface area (Å²) in [6.45, 7) is 2.34. The zero-order valence-corrected chi connectivity index (χ0v) is 12.3. The van der Waals surface area contributed by atoms with E-state index in [0.717, 1.165) is 24.8 Å². The number of ketones is 1. The molecule has 0 aliphatic heterocycles. The lowest BCUT2D eigenvalue weighted by atomic mass is 10.1. The highest BCUT2D eigenvalue weighted by Crippen LogP contribution is 2.08. The molecule has 1 aromatic rings. The number of Topliss-reactive ketones (excluding diaryl/α,β-unsaturated/α-hetero) is 1. The van der Waals surface area contributed by atoms with Gasteiger partial charge in [0.2, 0.25) is 5.78 Å². The summed E-state index contributed by atoms with van der Waals surface area (Å²) in [6.07, 6.45) is 6.90. The second kappa shape index (κ2) is 10.2. The molecular formula is C17H24O3. The number of rotatable bonds is 10. The number of hydrogen-bond acceptors (Lipinski definition) is 3. The molecule has 0 aliphatic rings. The van der Waals surface area contributed by atoms with E-state index in [9.17, 15) is 9.59 Å². The molecule has 0 aliphatic carbocycles. The number of esters is 1. The average Bonchev–Trinajstić information content (AvgIpc) is 2.49. The van der Waals surface area contributed by atoms with E-state index < -0.39 is 11.8 Å².